The second kappa shape index (κ2) is 4.46. The molecule has 2 rings (SSSR count). The lowest BCUT2D eigenvalue weighted by atomic mass is 10.6. The molecule has 0 aliphatic carbocycles. The monoisotopic (exact) mass is 261 g/mol. The van der Waals surface area contributed by atoms with Gasteiger partial charge in [-0.25, -0.2) is 0 Å². The fourth-order valence-electron chi connectivity index (χ4n) is 0.929. The fourth-order valence-corrected chi connectivity index (χ4v) is 2.62. The molecule has 0 amide bonds. The van der Waals surface area contributed by atoms with Crippen molar-refractivity contribution in [2.24, 2.45) is 7.05 Å². The van der Waals surface area contributed by atoms with Crippen molar-refractivity contribution in [1.29, 1.82) is 0 Å². The lowest BCUT2D eigenvalue weighted by molar-refractivity contribution is 0.765. The first-order chi connectivity index (χ1) is 7.18. The van der Waals surface area contributed by atoms with Crippen molar-refractivity contribution in [3.63, 3.8) is 0 Å². The van der Waals surface area contributed by atoms with Crippen LogP contribution in [0.2, 0.25) is 4.34 Å². The van der Waals surface area contributed by atoms with Gasteiger partial charge in [0.2, 0.25) is 0 Å². The summed E-state index contributed by atoms with van der Waals surface area (Å²) in [5, 5.41) is 12.8. The molecule has 0 fully saturated rings. The van der Waals surface area contributed by atoms with Crippen molar-refractivity contribution in [1.82, 2.24) is 24.4 Å². The van der Waals surface area contributed by atoms with Gasteiger partial charge >= 0.3 is 0 Å². The van der Waals surface area contributed by atoms with Crippen LogP contribution in [0, 0.1) is 6.92 Å². The van der Waals surface area contributed by atoms with Crippen LogP contribution in [-0.4, -0.2) is 24.4 Å². The number of rotatable bonds is 3. The second-order valence-corrected chi connectivity index (χ2v) is 5.17. The molecule has 2 aromatic heterocycles. The van der Waals surface area contributed by atoms with Crippen LogP contribution in [0.25, 0.3) is 0 Å². The molecular weight excluding hydrogens is 254 g/mol. The zero-order valence-corrected chi connectivity index (χ0v) is 10.5. The lowest BCUT2D eigenvalue weighted by Gasteiger charge is -1.99. The summed E-state index contributed by atoms with van der Waals surface area (Å²) in [7, 11) is 1.93. The molecule has 2 heterocycles. The molecule has 0 saturated carbocycles. The van der Waals surface area contributed by atoms with Crippen LogP contribution in [-0.2, 0) is 12.8 Å². The molecule has 0 saturated heterocycles. The molecule has 15 heavy (non-hydrogen) atoms. The minimum atomic E-state index is 0.640. The van der Waals surface area contributed by atoms with Crippen LogP contribution in [0.15, 0.2) is 5.16 Å². The van der Waals surface area contributed by atoms with Gasteiger partial charge in [0, 0.05) is 24.3 Å². The van der Waals surface area contributed by atoms with Gasteiger partial charge < -0.3 is 4.57 Å². The Morgan fingerprint density at radius 3 is 2.73 bits per heavy atom. The second-order valence-electron chi connectivity index (χ2n) is 2.87. The van der Waals surface area contributed by atoms with Crippen LogP contribution in [0.4, 0.5) is 0 Å². The summed E-state index contributed by atoms with van der Waals surface area (Å²) in [6.45, 7) is 1.91. The maximum absolute atomic E-state index is 5.89. The highest BCUT2D eigenvalue weighted by Gasteiger charge is 2.09. The van der Waals surface area contributed by atoms with Crippen LogP contribution in [0.5, 0.6) is 0 Å². The first-order valence-corrected chi connectivity index (χ1v) is 6.27. The standard InChI is InChI=1S/C7H8ClN5S2/c1-4-9-11-7(13(4)2)14-3-5-6(8)15-12-10-5/h3H2,1-2H3. The molecule has 0 aliphatic heterocycles. The number of hydrogen-bond donors (Lipinski definition) is 0. The molecule has 0 atom stereocenters. The van der Waals surface area contributed by atoms with Gasteiger partial charge in [0.05, 0.1) is 0 Å². The van der Waals surface area contributed by atoms with E-state index in [4.69, 9.17) is 11.6 Å². The number of halogens is 1. The molecule has 0 aromatic carbocycles. The molecule has 0 unspecified atom stereocenters. The molecule has 0 radical (unpaired) electrons. The highest BCUT2D eigenvalue weighted by atomic mass is 35.5. The summed E-state index contributed by atoms with van der Waals surface area (Å²) in [6.07, 6.45) is 0. The topological polar surface area (TPSA) is 56.5 Å². The maximum atomic E-state index is 5.89. The Hall–Kier alpha value is -0.660. The van der Waals surface area contributed by atoms with Gasteiger partial charge in [-0.1, -0.05) is 27.9 Å². The molecule has 0 bridgehead atoms. The summed E-state index contributed by atoms with van der Waals surface area (Å²) in [5.74, 6) is 1.56. The summed E-state index contributed by atoms with van der Waals surface area (Å²) in [4.78, 5) is 0. The smallest absolute Gasteiger partial charge is 0.191 e. The lowest BCUT2D eigenvalue weighted by Crippen LogP contribution is -1.94. The van der Waals surface area contributed by atoms with Gasteiger partial charge in [0.1, 0.15) is 15.9 Å². The van der Waals surface area contributed by atoms with Gasteiger partial charge in [-0.15, -0.1) is 15.3 Å². The molecule has 80 valence electrons. The Labute approximate surface area is 100 Å². The highest BCUT2D eigenvalue weighted by Crippen LogP contribution is 2.25. The number of thioether (sulfide) groups is 1. The van der Waals surface area contributed by atoms with Gasteiger partial charge in [0.25, 0.3) is 0 Å². The maximum Gasteiger partial charge on any atom is 0.191 e. The van der Waals surface area contributed by atoms with Gasteiger partial charge in [-0.3, -0.25) is 0 Å². The SMILES string of the molecule is Cc1nnc(SCc2nnsc2Cl)n1C. The quantitative estimate of drug-likeness (QED) is 0.790. The van der Waals surface area contributed by atoms with Crippen molar-refractivity contribution in [2.75, 3.05) is 0 Å². The average molecular weight is 262 g/mol. The highest BCUT2D eigenvalue weighted by molar-refractivity contribution is 7.98. The van der Waals surface area contributed by atoms with Crippen molar-refractivity contribution in [3.8, 4) is 0 Å². The zero-order valence-electron chi connectivity index (χ0n) is 8.14. The van der Waals surface area contributed by atoms with Crippen molar-refractivity contribution >= 4 is 34.9 Å². The zero-order chi connectivity index (χ0) is 10.8. The molecular formula is C7H8ClN5S2. The predicted octanol–water partition coefficient (Wildman–Crippen LogP) is 1.92. The summed E-state index contributed by atoms with van der Waals surface area (Å²) < 4.78 is 6.33. The van der Waals surface area contributed by atoms with Crippen LogP contribution in [0.3, 0.4) is 0 Å². The minimum Gasteiger partial charge on any atom is -0.309 e. The number of hydrogen-bond acceptors (Lipinski definition) is 6. The third kappa shape index (κ3) is 2.30. The normalized spacial score (nSPS) is 10.9. The van der Waals surface area contributed by atoms with E-state index in [1.807, 2.05) is 18.5 Å². The first kappa shape index (κ1) is 10.8. The summed E-state index contributed by atoms with van der Waals surface area (Å²) >= 11 is 8.63. The molecule has 2 aromatic rings. The molecule has 0 N–H and O–H groups in total. The molecule has 0 aliphatic rings. The minimum absolute atomic E-state index is 0.640. The van der Waals surface area contributed by atoms with Gasteiger partial charge in [-0.05, 0) is 6.92 Å². The average Bonchev–Trinajstić information content (AvgIpc) is 2.74. The Balaban J connectivity index is 2.05. The van der Waals surface area contributed by atoms with Crippen LogP contribution < -0.4 is 0 Å². The van der Waals surface area contributed by atoms with Crippen LogP contribution in [0.1, 0.15) is 11.5 Å². The van der Waals surface area contributed by atoms with Crippen molar-refractivity contribution in [2.45, 2.75) is 17.8 Å². The van der Waals surface area contributed by atoms with E-state index in [0.717, 1.165) is 16.7 Å². The van der Waals surface area contributed by atoms with Crippen LogP contribution >= 0.6 is 34.9 Å². The van der Waals surface area contributed by atoms with E-state index >= 15 is 0 Å². The first-order valence-electron chi connectivity index (χ1n) is 4.14. The van der Waals surface area contributed by atoms with E-state index in [0.29, 0.717) is 10.1 Å². The van der Waals surface area contributed by atoms with E-state index in [1.165, 1.54) is 11.5 Å². The largest absolute Gasteiger partial charge is 0.309 e. The molecule has 0 spiro atoms. The number of aryl methyl sites for hydroxylation is 1. The third-order valence-electron chi connectivity index (χ3n) is 1.90. The Morgan fingerprint density at radius 2 is 2.20 bits per heavy atom. The fraction of sp³-hybridized carbons (Fsp3) is 0.429. The number of aromatic nitrogens is 5. The Morgan fingerprint density at radius 1 is 1.40 bits per heavy atom. The Bertz CT molecular complexity index is 466. The van der Waals surface area contributed by atoms with Crippen molar-refractivity contribution < 1.29 is 0 Å². The van der Waals surface area contributed by atoms with E-state index in [9.17, 15) is 0 Å². The van der Waals surface area contributed by atoms with E-state index in [2.05, 4.69) is 19.8 Å². The van der Waals surface area contributed by atoms with E-state index < -0.39 is 0 Å². The van der Waals surface area contributed by atoms with Crippen molar-refractivity contribution in [3.05, 3.63) is 15.9 Å². The van der Waals surface area contributed by atoms with Gasteiger partial charge in [0.15, 0.2) is 5.16 Å². The number of nitrogens with zero attached hydrogens (tertiary/aromatic N) is 5. The summed E-state index contributed by atoms with van der Waals surface area (Å²) in [6, 6.07) is 0. The van der Waals surface area contributed by atoms with E-state index in [1.54, 1.807) is 11.8 Å². The molecule has 5 nitrogen and oxygen atoms in total. The summed E-state index contributed by atoms with van der Waals surface area (Å²) in [5.41, 5.74) is 0.798. The predicted molar refractivity (Wildman–Crippen MR) is 60.2 cm³/mol. The molecule has 8 heteroatoms. The third-order valence-corrected chi connectivity index (χ3v) is 3.92. The van der Waals surface area contributed by atoms with E-state index in [-0.39, 0.29) is 0 Å². The van der Waals surface area contributed by atoms with Gasteiger partial charge in [-0.2, -0.15) is 0 Å². The Kier molecular flexibility index (Phi) is 3.22.